The van der Waals surface area contributed by atoms with Crippen LogP contribution in [-0.2, 0) is 24.7 Å². The Balaban J connectivity index is 1.12. The van der Waals surface area contributed by atoms with Crippen molar-refractivity contribution < 1.29 is 52.7 Å². The van der Waals surface area contributed by atoms with Gasteiger partial charge in [-0.2, -0.15) is 63.2 Å². The molecule has 0 aliphatic rings. The number of aromatic nitrogens is 2. The Labute approximate surface area is 387 Å². The summed E-state index contributed by atoms with van der Waals surface area (Å²) in [6.07, 6.45) is -20.3. The first kappa shape index (κ1) is 45.3. The lowest BCUT2D eigenvalue weighted by Gasteiger charge is -2.17. The number of alkyl halides is 12. The Morgan fingerprint density at radius 3 is 1.04 bits per heavy atom. The highest BCUT2D eigenvalue weighted by Gasteiger charge is 2.40. The van der Waals surface area contributed by atoms with E-state index in [1.54, 1.807) is 94.1 Å². The van der Waals surface area contributed by atoms with Crippen LogP contribution in [0.2, 0.25) is 0 Å². The molecule has 0 radical (unpaired) electrons. The maximum absolute atomic E-state index is 14.3. The molecule has 16 heteroatoms. The summed E-state index contributed by atoms with van der Waals surface area (Å²) in [6.45, 7) is 0. The van der Waals surface area contributed by atoms with E-state index in [2.05, 4.69) is 12.1 Å². The van der Waals surface area contributed by atoms with Gasteiger partial charge in [-0.25, -0.2) is 0 Å². The molecule has 2 aromatic heterocycles. The molecule has 0 spiro atoms. The third-order valence-electron chi connectivity index (χ3n) is 12.3. The van der Waals surface area contributed by atoms with Gasteiger partial charge in [0.25, 0.3) is 0 Å². The van der Waals surface area contributed by atoms with Crippen LogP contribution in [-0.4, -0.2) is 9.13 Å². The SMILES string of the molecule is N#Cc1ccc(-c2ccc(C#N)c(-n3c4ccccc4c4cc(-c5ccc(C(F)(F)F)cc5C(F)(F)F)ccc43)c2)cc1-n1c2ccccc2c2cc(-c3ccc(C(F)(F)F)cc3C(F)(F)F)ccc21. The molecule has 346 valence electrons. The minimum Gasteiger partial charge on any atom is -0.308 e. The fourth-order valence-corrected chi connectivity index (χ4v) is 9.20. The number of hydrogen-bond donors (Lipinski definition) is 0. The average Bonchev–Trinajstić information content (AvgIpc) is 3.84. The molecule has 0 amide bonds. The summed E-state index contributed by atoms with van der Waals surface area (Å²) in [5, 5.41) is 22.9. The van der Waals surface area contributed by atoms with Gasteiger partial charge in [0, 0.05) is 21.5 Å². The zero-order valence-electron chi connectivity index (χ0n) is 35.3. The lowest BCUT2D eigenvalue weighted by molar-refractivity contribution is -0.144. The molecule has 0 saturated carbocycles. The van der Waals surface area contributed by atoms with Crippen LogP contribution >= 0.6 is 0 Å². The number of rotatable bonds is 5. The fourth-order valence-electron chi connectivity index (χ4n) is 9.20. The predicted octanol–water partition coefficient (Wildman–Crippen LogP) is 16.7. The molecule has 10 aromatic rings. The molecular formula is C54H26F12N4. The van der Waals surface area contributed by atoms with Crippen LogP contribution in [0.5, 0.6) is 0 Å². The molecule has 0 N–H and O–H groups in total. The molecule has 0 atom stereocenters. The van der Waals surface area contributed by atoms with Gasteiger partial charge in [0.2, 0.25) is 0 Å². The number of fused-ring (bicyclic) bond motifs is 6. The molecular weight excluding hydrogens is 933 g/mol. The van der Waals surface area contributed by atoms with E-state index in [1.807, 2.05) is 0 Å². The molecule has 10 rings (SSSR count). The Kier molecular flexibility index (Phi) is 10.4. The Hall–Kier alpha value is -8.50. The summed E-state index contributed by atoms with van der Waals surface area (Å²) in [5.41, 5.74) is -2.50. The average molecular weight is 959 g/mol. The maximum atomic E-state index is 14.3. The molecule has 0 unspecified atom stereocenters. The fraction of sp³-hybridized carbons (Fsp3) is 0.0741. The molecule has 70 heavy (non-hydrogen) atoms. The summed E-state index contributed by atoms with van der Waals surface area (Å²) in [5.74, 6) is 0. The van der Waals surface area contributed by atoms with Crippen molar-refractivity contribution >= 4 is 43.6 Å². The summed E-state index contributed by atoms with van der Waals surface area (Å²) in [6, 6.07) is 39.9. The molecule has 8 aromatic carbocycles. The normalized spacial score (nSPS) is 12.5. The van der Waals surface area contributed by atoms with Crippen LogP contribution in [0.25, 0.3) is 88.4 Å². The van der Waals surface area contributed by atoms with E-state index in [0.29, 0.717) is 78.2 Å². The van der Waals surface area contributed by atoms with Crippen molar-refractivity contribution in [3.8, 4) is 56.9 Å². The van der Waals surface area contributed by atoms with Crippen LogP contribution < -0.4 is 0 Å². The van der Waals surface area contributed by atoms with Gasteiger partial charge in [0.1, 0.15) is 12.1 Å². The highest BCUT2D eigenvalue weighted by molar-refractivity contribution is 6.12. The van der Waals surface area contributed by atoms with Gasteiger partial charge in [-0.3, -0.25) is 0 Å². The second-order valence-electron chi connectivity index (χ2n) is 16.4. The van der Waals surface area contributed by atoms with Crippen molar-refractivity contribution in [3.05, 3.63) is 191 Å². The van der Waals surface area contributed by atoms with Gasteiger partial charge < -0.3 is 9.13 Å². The molecule has 0 saturated heterocycles. The number of benzene rings is 8. The van der Waals surface area contributed by atoms with Crippen molar-refractivity contribution in [2.75, 3.05) is 0 Å². The van der Waals surface area contributed by atoms with Gasteiger partial charge in [-0.05, 0) is 118 Å². The van der Waals surface area contributed by atoms with E-state index < -0.39 is 58.1 Å². The Morgan fingerprint density at radius 2 is 0.686 bits per heavy atom. The van der Waals surface area contributed by atoms with Crippen LogP contribution in [0.3, 0.4) is 0 Å². The molecule has 0 fully saturated rings. The predicted molar refractivity (Wildman–Crippen MR) is 241 cm³/mol. The van der Waals surface area contributed by atoms with Gasteiger partial charge >= 0.3 is 24.7 Å². The lowest BCUT2D eigenvalue weighted by Crippen LogP contribution is -2.12. The highest BCUT2D eigenvalue weighted by atomic mass is 19.4. The first-order valence-electron chi connectivity index (χ1n) is 20.9. The van der Waals surface area contributed by atoms with E-state index >= 15 is 0 Å². The van der Waals surface area contributed by atoms with E-state index in [-0.39, 0.29) is 34.4 Å². The van der Waals surface area contributed by atoms with Gasteiger partial charge in [0.05, 0.1) is 66.8 Å². The van der Waals surface area contributed by atoms with Gasteiger partial charge in [-0.15, -0.1) is 0 Å². The number of nitriles is 2. The summed E-state index contributed by atoms with van der Waals surface area (Å²) in [4.78, 5) is 0. The van der Waals surface area contributed by atoms with Crippen molar-refractivity contribution in [2.45, 2.75) is 24.7 Å². The highest BCUT2D eigenvalue weighted by Crippen LogP contribution is 2.46. The molecule has 0 aliphatic carbocycles. The lowest BCUT2D eigenvalue weighted by atomic mass is 9.95. The summed E-state index contributed by atoms with van der Waals surface area (Å²) in [7, 11) is 0. The number of halogens is 12. The van der Waals surface area contributed by atoms with Crippen LogP contribution in [0.4, 0.5) is 52.7 Å². The maximum Gasteiger partial charge on any atom is 0.417 e. The topological polar surface area (TPSA) is 57.4 Å². The molecule has 0 aliphatic heterocycles. The second-order valence-corrected chi connectivity index (χ2v) is 16.4. The quantitative estimate of drug-likeness (QED) is 0.161. The molecule has 2 heterocycles. The van der Waals surface area contributed by atoms with Gasteiger partial charge in [0.15, 0.2) is 0 Å². The van der Waals surface area contributed by atoms with Crippen molar-refractivity contribution in [1.29, 1.82) is 10.5 Å². The second kappa shape index (κ2) is 16.1. The first-order valence-corrected chi connectivity index (χ1v) is 20.9. The minimum absolute atomic E-state index is 0.00255. The van der Waals surface area contributed by atoms with Crippen LogP contribution in [0.15, 0.2) is 158 Å². The van der Waals surface area contributed by atoms with E-state index in [4.69, 9.17) is 0 Å². The molecule has 0 bridgehead atoms. The van der Waals surface area contributed by atoms with Crippen molar-refractivity contribution in [1.82, 2.24) is 9.13 Å². The zero-order chi connectivity index (χ0) is 49.7. The molecule has 4 nitrogen and oxygen atoms in total. The van der Waals surface area contributed by atoms with Crippen molar-refractivity contribution in [2.24, 2.45) is 0 Å². The van der Waals surface area contributed by atoms with Crippen LogP contribution in [0, 0.1) is 22.7 Å². The Morgan fingerprint density at radius 1 is 0.329 bits per heavy atom. The summed E-state index contributed by atoms with van der Waals surface area (Å²) < 4.78 is 171. The minimum atomic E-state index is -5.12. The van der Waals surface area contributed by atoms with Gasteiger partial charge in [-0.1, -0.05) is 72.8 Å². The smallest absolute Gasteiger partial charge is 0.308 e. The van der Waals surface area contributed by atoms with E-state index in [0.717, 1.165) is 12.1 Å². The monoisotopic (exact) mass is 958 g/mol. The first-order chi connectivity index (χ1) is 33.1. The third kappa shape index (κ3) is 7.62. The zero-order valence-corrected chi connectivity index (χ0v) is 35.3. The number of para-hydroxylation sites is 2. The summed E-state index contributed by atoms with van der Waals surface area (Å²) >= 11 is 0. The standard InChI is InChI=1S/C54H26F12N4/c55-51(56,57)35-15-17-37(43(25-35)53(61,62)63)31-13-19-47-41(21-31)39-5-1-3-7-45(39)69(47)49-23-29(9-11-33(49)27-67)30-10-12-34(28-68)50(24-30)70-46-8-4-2-6-40(46)42-22-32(14-20-48(42)70)38-18-16-36(52(58,59)60)26-44(38)54(64,65)66/h1-26H. The number of hydrogen-bond acceptors (Lipinski definition) is 2. The Bertz CT molecular complexity index is 3620. The van der Waals surface area contributed by atoms with Crippen molar-refractivity contribution in [3.63, 3.8) is 0 Å². The van der Waals surface area contributed by atoms with Crippen LogP contribution in [0.1, 0.15) is 33.4 Å². The van der Waals surface area contributed by atoms with E-state index in [9.17, 15) is 63.2 Å². The third-order valence-corrected chi connectivity index (χ3v) is 12.3. The van der Waals surface area contributed by atoms with E-state index in [1.165, 1.54) is 36.4 Å². The largest absolute Gasteiger partial charge is 0.417 e. The number of nitrogens with zero attached hydrogens (tertiary/aromatic N) is 4.